The summed E-state index contributed by atoms with van der Waals surface area (Å²) >= 11 is 0. The van der Waals surface area contributed by atoms with Crippen LogP contribution in [0.3, 0.4) is 0 Å². The van der Waals surface area contributed by atoms with Crippen molar-refractivity contribution < 1.29 is 19.4 Å². The van der Waals surface area contributed by atoms with Gasteiger partial charge in [0.25, 0.3) is 0 Å². The van der Waals surface area contributed by atoms with Crippen LogP contribution in [0.1, 0.15) is 27.2 Å². The summed E-state index contributed by atoms with van der Waals surface area (Å²) in [5, 5.41) is 14.4. The molecule has 2 atom stereocenters. The van der Waals surface area contributed by atoms with Crippen LogP contribution in [-0.2, 0) is 9.53 Å². The molecule has 0 aromatic carbocycles. The number of carbonyl (C=O) groups is 2. The Hall–Kier alpha value is -1.34. The topological polar surface area (TPSA) is 90.9 Å². The van der Waals surface area contributed by atoms with Gasteiger partial charge in [0, 0.05) is 25.7 Å². The highest BCUT2D eigenvalue weighted by Crippen LogP contribution is 2.05. The maximum Gasteiger partial charge on any atom is 0.326 e. The number of hydrogen-bond donors (Lipinski definition) is 3. The number of aliphatic carboxylic acids is 1. The van der Waals surface area contributed by atoms with Crippen molar-refractivity contribution in [3.63, 3.8) is 0 Å². The fourth-order valence-electron chi connectivity index (χ4n) is 2.33. The third-order valence-electron chi connectivity index (χ3n) is 3.32. The molecule has 1 rings (SSSR count). The number of urea groups is 1. The zero-order valence-electron chi connectivity index (χ0n) is 13.1. The monoisotopic (exact) mass is 301 g/mol. The maximum absolute atomic E-state index is 11.9. The number of hydrogen-bond acceptors (Lipinski definition) is 4. The molecule has 1 aliphatic rings. The molecule has 1 fully saturated rings. The standard InChI is InChI=1S/C14H27N3O4/c1-10(2)8-12(13(18)19)16-14(20)15-11(3)9-17-4-6-21-7-5-17/h10-12H,4-9H2,1-3H3,(H,18,19)(H2,15,16,20). The average molecular weight is 301 g/mol. The van der Waals surface area contributed by atoms with E-state index >= 15 is 0 Å². The zero-order valence-corrected chi connectivity index (χ0v) is 13.1. The van der Waals surface area contributed by atoms with Gasteiger partial charge < -0.3 is 20.5 Å². The normalized spacial score (nSPS) is 19.0. The molecule has 0 aromatic rings. The van der Waals surface area contributed by atoms with Gasteiger partial charge >= 0.3 is 12.0 Å². The average Bonchev–Trinajstić information content (AvgIpc) is 2.38. The molecule has 0 radical (unpaired) electrons. The number of ether oxygens (including phenoxy) is 1. The second-order valence-electron chi connectivity index (χ2n) is 5.95. The largest absolute Gasteiger partial charge is 0.480 e. The minimum atomic E-state index is -1.00. The van der Waals surface area contributed by atoms with Gasteiger partial charge in [0.2, 0.25) is 0 Å². The van der Waals surface area contributed by atoms with E-state index in [-0.39, 0.29) is 12.0 Å². The van der Waals surface area contributed by atoms with Crippen LogP contribution in [0.2, 0.25) is 0 Å². The minimum absolute atomic E-state index is 0.0448. The van der Waals surface area contributed by atoms with Crippen molar-refractivity contribution in [1.82, 2.24) is 15.5 Å². The molecule has 3 N–H and O–H groups in total. The molecule has 0 bridgehead atoms. The highest BCUT2D eigenvalue weighted by molar-refractivity contribution is 5.82. The lowest BCUT2D eigenvalue weighted by molar-refractivity contribution is -0.139. The van der Waals surface area contributed by atoms with Crippen molar-refractivity contribution >= 4 is 12.0 Å². The molecule has 1 heterocycles. The third kappa shape index (κ3) is 7.29. The summed E-state index contributed by atoms with van der Waals surface area (Å²) in [5.74, 6) is -0.795. The van der Waals surface area contributed by atoms with Crippen molar-refractivity contribution in [1.29, 1.82) is 0 Å². The van der Waals surface area contributed by atoms with Crippen molar-refractivity contribution in [3.8, 4) is 0 Å². The molecule has 1 aliphatic heterocycles. The molecule has 21 heavy (non-hydrogen) atoms. The number of rotatable bonds is 7. The lowest BCUT2D eigenvalue weighted by Crippen LogP contribution is -2.52. The van der Waals surface area contributed by atoms with Crippen LogP contribution in [0.15, 0.2) is 0 Å². The van der Waals surface area contributed by atoms with E-state index in [1.807, 2.05) is 20.8 Å². The number of carboxylic acids is 1. The smallest absolute Gasteiger partial charge is 0.326 e. The van der Waals surface area contributed by atoms with Crippen LogP contribution in [0.25, 0.3) is 0 Å². The van der Waals surface area contributed by atoms with E-state index in [4.69, 9.17) is 9.84 Å². The Labute approximate surface area is 126 Å². The van der Waals surface area contributed by atoms with Crippen LogP contribution in [0.5, 0.6) is 0 Å². The summed E-state index contributed by atoms with van der Waals surface area (Å²) in [6, 6.07) is -1.32. The first kappa shape index (κ1) is 17.7. The van der Waals surface area contributed by atoms with Gasteiger partial charge in [-0.05, 0) is 19.3 Å². The molecule has 1 saturated heterocycles. The van der Waals surface area contributed by atoms with Crippen molar-refractivity contribution in [2.24, 2.45) is 5.92 Å². The number of carbonyl (C=O) groups excluding carboxylic acids is 1. The lowest BCUT2D eigenvalue weighted by atomic mass is 10.0. The van der Waals surface area contributed by atoms with Crippen LogP contribution in [0.4, 0.5) is 4.79 Å². The van der Waals surface area contributed by atoms with Crippen molar-refractivity contribution in [3.05, 3.63) is 0 Å². The lowest BCUT2D eigenvalue weighted by Gasteiger charge is -2.29. The fraction of sp³-hybridized carbons (Fsp3) is 0.857. The second-order valence-corrected chi connectivity index (χ2v) is 5.95. The van der Waals surface area contributed by atoms with Gasteiger partial charge in [0.05, 0.1) is 13.2 Å². The van der Waals surface area contributed by atoms with Crippen LogP contribution >= 0.6 is 0 Å². The predicted octanol–water partition coefficient (Wildman–Crippen LogP) is 0.506. The highest BCUT2D eigenvalue weighted by atomic mass is 16.5. The van der Waals surface area contributed by atoms with E-state index in [0.29, 0.717) is 19.6 Å². The van der Waals surface area contributed by atoms with Crippen LogP contribution in [0, 0.1) is 5.92 Å². The molecular formula is C14H27N3O4. The molecular weight excluding hydrogens is 274 g/mol. The Kier molecular flexibility index (Phi) is 7.45. The molecule has 0 spiro atoms. The van der Waals surface area contributed by atoms with Gasteiger partial charge in [-0.15, -0.1) is 0 Å². The summed E-state index contributed by atoms with van der Waals surface area (Å²) in [6.07, 6.45) is 0.417. The molecule has 7 nitrogen and oxygen atoms in total. The summed E-state index contributed by atoms with van der Waals surface area (Å²) in [4.78, 5) is 25.2. The van der Waals surface area contributed by atoms with Gasteiger partial charge in [0.15, 0.2) is 0 Å². The predicted molar refractivity (Wildman–Crippen MR) is 79.3 cm³/mol. The minimum Gasteiger partial charge on any atom is -0.480 e. The number of morpholine rings is 1. The molecule has 0 aromatic heterocycles. The van der Waals surface area contributed by atoms with Gasteiger partial charge in [-0.3, -0.25) is 4.90 Å². The molecule has 7 heteroatoms. The molecule has 0 saturated carbocycles. The van der Waals surface area contributed by atoms with Crippen molar-refractivity contribution in [2.75, 3.05) is 32.8 Å². The van der Waals surface area contributed by atoms with Crippen LogP contribution < -0.4 is 10.6 Å². The SMILES string of the molecule is CC(C)CC(NC(=O)NC(C)CN1CCOCC1)C(=O)O. The van der Waals surface area contributed by atoms with E-state index < -0.39 is 18.0 Å². The zero-order chi connectivity index (χ0) is 15.8. The molecule has 0 aliphatic carbocycles. The quantitative estimate of drug-likeness (QED) is 0.637. The maximum atomic E-state index is 11.9. The number of nitrogens with one attached hydrogen (secondary N) is 2. The van der Waals surface area contributed by atoms with E-state index in [0.717, 1.165) is 19.6 Å². The summed E-state index contributed by atoms with van der Waals surface area (Å²) in [7, 11) is 0. The highest BCUT2D eigenvalue weighted by Gasteiger charge is 2.22. The van der Waals surface area contributed by atoms with E-state index in [1.165, 1.54) is 0 Å². The third-order valence-corrected chi connectivity index (χ3v) is 3.32. The van der Waals surface area contributed by atoms with Gasteiger partial charge in [-0.25, -0.2) is 9.59 Å². The molecule has 2 unspecified atom stereocenters. The number of amides is 2. The first-order valence-corrected chi connectivity index (χ1v) is 7.48. The van der Waals surface area contributed by atoms with Gasteiger partial charge in [-0.1, -0.05) is 13.8 Å². The number of carboxylic acid groups (broad SMARTS) is 1. The number of nitrogens with zero attached hydrogens (tertiary/aromatic N) is 1. The van der Waals surface area contributed by atoms with Gasteiger partial charge in [0.1, 0.15) is 6.04 Å². The van der Waals surface area contributed by atoms with E-state index in [1.54, 1.807) is 0 Å². The Morgan fingerprint density at radius 1 is 1.19 bits per heavy atom. The first-order chi connectivity index (χ1) is 9.88. The summed E-state index contributed by atoms with van der Waals surface area (Å²) in [5.41, 5.74) is 0. The second kappa shape index (κ2) is 8.84. The van der Waals surface area contributed by atoms with Gasteiger partial charge in [-0.2, -0.15) is 0 Å². The summed E-state index contributed by atoms with van der Waals surface area (Å²) < 4.78 is 5.27. The Morgan fingerprint density at radius 3 is 2.33 bits per heavy atom. The first-order valence-electron chi connectivity index (χ1n) is 7.48. The Morgan fingerprint density at radius 2 is 1.81 bits per heavy atom. The molecule has 2 amide bonds. The van der Waals surface area contributed by atoms with Crippen LogP contribution in [-0.4, -0.2) is 66.9 Å². The Balaban J connectivity index is 2.34. The van der Waals surface area contributed by atoms with E-state index in [2.05, 4.69) is 15.5 Å². The van der Waals surface area contributed by atoms with Crippen molar-refractivity contribution in [2.45, 2.75) is 39.3 Å². The Bertz CT molecular complexity index is 343. The fourth-order valence-corrected chi connectivity index (χ4v) is 2.33. The summed E-state index contributed by atoms with van der Waals surface area (Å²) in [6.45, 7) is 9.65. The van der Waals surface area contributed by atoms with E-state index in [9.17, 15) is 9.59 Å². The molecule has 122 valence electrons.